The van der Waals surface area contributed by atoms with Gasteiger partial charge in [-0.3, -0.25) is 0 Å². The maximum Gasteiger partial charge on any atom is 0.240 e. The first-order valence-electron chi connectivity index (χ1n) is 10.8. The number of hydrogen-bond acceptors (Lipinski definition) is 8. The second-order valence-electron chi connectivity index (χ2n) is 8.72. The number of pyridine rings is 1. The van der Waals surface area contributed by atoms with Crippen molar-refractivity contribution in [3.8, 4) is 11.3 Å². The lowest BCUT2D eigenvalue weighted by molar-refractivity contribution is 0.0104. The first-order chi connectivity index (χ1) is 15.7. The molecule has 10 nitrogen and oxygen atoms in total. The molecular weight excluding hydrogens is 432 g/mol. The number of rotatable bonds is 3. The largest absolute Gasteiger partial charge is 0.390 e. The van der Waals surface area contributed by atoms with Crippen LogP contribution >= 0.6 is 0 Å². The molecule has 0 spiro atoms. The first kappa shape index (κ1) is 22.8. The minimum absolute atomic E-state index is 0.00767. The molecule has 0 unspecified atom stereocenters. The van der Waals surface area contributed by atoms with Crippen molar-refractivity contribution in [2.24, 2.45) is 5.92 Å². The van der Waals surface area contributed by atoms with Crippen LogP contribution in [0.25, 0.3) is 27.9 Å². The Morgan fingerprint density at radius 1 is 1.21 bits per heavy atom. The van der Waals surface area contributed by atoms with Crippen LogP contribution < -0.4 is 11.5 Å². The van der Waals surface area contributed by atoms with Crippen molar-refractivity contribution in [1.82, 2.24) is 34.6 Å². The third-order valence-corrected chi connectivity index (χ3v) is 5.89. The molecule has 5 rings (SSSR count). The van der Waals surface area contributed by atoms with Crippen LogP contribution in [0.5, 0.6) is 0 Å². The highest BCUT2D eigenvalue weighted by atomic mass is 19.1. The van der Waals surface area contributed by atoms with Gasteiger partial charge in [0.05, 0.1) is 29.6 Å². The fourth-order valence-corrected chi connectivity index (χ4v) is 3.95. The Kier molecular flexibility index (Phi) is 6.11. The lowest BCUT2D eigenvalue weighted by Gasteiger charge is -2.31. The van der Waals surface area contributed by atoms with Crippen LogP contribution in [-0.2, 0) is 6.54 Å². The monoisotopic (exact) mass is 459 g/mol. The lowest BCUT2D eigenvalue weighted by atomic mass is 9.81. The number of hydrogen-bond donors (Lipinski definition) is 3. The van der Waals surface area contributed by atoms with E-state index in [1.165, 1.54) is 22.0 Å². The summed E-state index contributed by atoms with van der Waals surface area (Å²) < 4.78 is 29.6. The van der Waals surface area contributed by atoms with E-state index in [0.29, 0.717) is 11.2 Å². The zero-order valence-electron chi connectivity index (χ0n) is 18.5. The molecule has 4 aromatic rings. The van der Waals surface area contributed by atoms with Crippen LogP contribution in [0.3, 0.4) is 0 Å². The van der Waals surface area contributed by atoms with Crippen molar-refractivity contribution in [2.45, 2.75) is 51.7 Å². The highest BCUT2D eigenvalue weighted by molar-refractivity contribution is 5.88. The molecule has 4 heterocycles. The Hall–Kier alpha value is -3.41. The van der Waals surface area contributed by atoms with Crippen LogP contribution in [0.15, 0.2) is 18.3 Å². The number of nitrogens with two attached hydrogens (primary N) is 2. The Balaban J connectivity index is 0.000000243. The molecule has 5 N–H and O–H groups in total. The molecular formula is C21H27F2N9O. The predicted octanol–water partition coefficient (Wildman–Crippen LogP) is 2.76. The molecule has 1 aliphatic carbocycles. The maximum absolute atomic E-state index is 14.5. The van der Waals surface area contributed by atoms with Gasteiger partial charge >= 0.3 is 0 Å². The number of nitrogen functional groups attached to an aromatic ring is 2. The van der Waals surface area contributed by atoms with Crippen LogP contribution in [0.4, 0.5) is 20.5 Å². The number of aliphatic hydroxyl groups is 1. The van der Waals surface area contributed by atoms with E-state index in [1.807, 2.05) is 6.92 Å². The highest BCUT2D eigenvalue weighted by Gasteiger charge is 2.26. The standard InChI is InChI=1S/C13H11F2N9.C8H16O/c14-3-4-23-12-8(20-22-23)2-1-7(18-12)9-6(15)5-24-10(9)11(16)19-13(17)21-24;1-7-3-5-8(2,9)6-4-7/h1-2,5H,3-4H2,(H4,16,17,19,21);7,9H,3-6H2,1-2H3. The van der Waals surface area contributed by atoms with E-state index in [9.17, 15) is 13.9 Å². The zero-order valence-corrected chi connectivity index (χ0v) is 18.5. The third kappa shape index (κ3) is 4.70. The number of aromatic nitrogens is 7. The number of alkyl halides is 1. The summed E-state index contributed by atoms with van der Waals surface area (Å²) >= 11 is 0. The quantitative estimate of drug-likeness (QED) is 0.424. The molecule has 0 atom stereocenters. The summed E-state index contributed by atoms with van der Waals surface area (Å²) in [4.78, 5) is 8.20. The van der Waals surface area contributed by atoms with Gasteiger partial charge in [-0.15, -0.1) is 10.2 Å². The van der Waals surface area contributed by atoms with Crippen molar-refractivity contribution in [3.05, 3.63) is 24.1 Å². The van der Waals surface area contributed by atoms with Crippen molar-refractivity contribution in [2.75, 3.05) is 18.1 Å². The summed E-state index contributed by atoms with van der Waals surface area (Å²) in [6.45, 7) is 3.59. The molecule has 176 valence electrons. The van der Waals surface area contributed by atoms with Crippen LogP contribution in [0.2, 0.25) is 0 Å². The zero-order chi connectivity index (χ0) is 23.8. The normalized spacial score (nSPS) is 20.7. The number of anilines is 2. The van der Waals surface area contributed by atoms with Crippen molar-refractivity contribution < 1.29 is 13.9 Å². The summed E-state index contributed by atoms with van der Waals surface area (Å²) in [6.07, 6.45) is 5.53. The van der Waals surface area contributed by atoms with Gasteiger partial charge in [0, 0.05) is 0 Å². The maximum atomic E-state index is 14.5. The minimum atomic E-state index is -0.617. The van der Waals surface area contributed by atoms with Gasteiger partial charge in [0.1, 0.15) is 17.7 Å². The molecule has 4 aromatic heterocycles. The van der Waals surface area contributed by atoms with Crippen molar-refractivity contribution in [1.29, 1.82) is 0 Å². The average Bonchev–Trinajstić information content (AvgIpc) is 3.31. The fraction of sp³-hybridized carbons (Fsp3) is 0.476. The van der Waals surface area contributed by atoms with Gasteiger partial charge < -0.3 is 16.6 Å². The molecule has 1 fully saturated rings. The third-order valence-electron chi connectivity index (χ3n) is 5.89. The Labute approximate surface area is 188 Å². The summed E-state index contributed by atoms with van der Waals surface area (Å²) in [7, 11) is 0. The second kappa shape index (κ2) is 8.85. The molecule has 0 aromatic carbocycles. The van der Waals surface area contributed by atoms with Gasteiger partial charge in [-0.25, -0.2) is 23.0 Å². The Morgan fingerprint density at radius 3 is 2.61 bits per heavy atom. The average molecular weight is 460 g/mol. The van der Waals surface area contributed by atoms with Crippen molar-refractivity contribution >= 4 is 28.4 Å². The molecule has 0 aliphatic heterocycles. The molecule has 0 radical (unpaired) electrons. The molecule has 0 bridgehead atoms. The molecule has 1 aliphatic rings. The molecule has 12 heteroatoms. The van der Waals surface area contributed by atoms with Gasteiger partial charge in [-0.05, 0) is 50.7 Å². The van der Waals surface area contributed by atoms with Gasteiger partial charge in [-0.1, -0.05) is 12.1 Å². The Morgan fingerprint density at radius 2 is 1.94 bits per heavy atom. The summed E-state index contributed by atoms with van der Waals surface area (Å²) in [5.41, 5.74) is 12.5. The van der Waals surface area contributed by atoms with Crippen LogP contribution in [0, 0.1) is 11.7 Å². The topological polar surface area (TPSA) is 146 Å². The summed E-state index contributed by atoms with van der Waals surface area (Å²) in [6, 6.07) is 3.20. The van der Waals surface area contributed by atoms with E-state index in [1.54, 1.807) is 12.1 Å². The molecule has 0 saturated heterocycles. The molecule has 0 amide bonds. The predicted molar refractivity (Wildman–Crippen MR) is 120 cm³/mol. The van der Waals surface area contributed by atoms with E-state index >= 15 is 0 Å². The van der Waals surface area contributed by atoms with E-state index < -0.39 is 12.5 Å². The Bertz CT molecular complexity index is 1270. The van der Waals surface area contributed by atoms with E-state index in [-0.39, 0.29) is 40.7 Å². The van der Waals surface area contributed by atoms with E-state index in [2.05, 4.69) is 32.3 Å². The lowest BCUT2D eigenvalue weighted by Crippen LogP contribution is -2.29. The van der Waals surface area contributed by atoms with Gasteiger partial charge in [0.25, 0.3) is 0 Å². The first-order valence-corrected chi connectivity index (χ1v) is 10.8. The summed E-state index contributed by atoms with van der Waals surface area (Å²) in [5.74, 6) is 0.206. The smallest absolute Gasteiger partial charge is 0.240 e. The second-order valence-corrected chi connectivity index (χ2v) is 8.72. The SMILES string of the molecule is CC1CCC(C)(O)CC1.Nc1nc(N)c2c(-c3ccc4nnn(CCF)c4n3)c(F)cn2n1. The number of halogens is 2. The molecule has 1 saturated carbocycles. The van der Waals surface area contributed by atoms with E-state index in [4.69, 9.17) is 11.5 Å². The van der Waals surface area contributed by atoms with E-state index in [0.717, 1.165) is 25.0 Å². The molecule has 33 heavy (non-hydrogen) atoms. The number of nitrogens with zero attached hydrogens (tertiary/aromatic N) is 7. The van der Waals surface area contributed by atoms with Gasteiger partial charge in [0.15, 0.2) is 17.3 Å². The van der Waals surface area contributed by atoms with Gasteiger partial charge in [0.2, 0.25) is 5.95 Å². The highest BCUT2D eigenvalue weighted by Crippen LogP contribution is 2.32. The minimum Gasteiger partial charge on any atom is -0.390 e. The van der Waals surface area contributed by atoms with Gasteiger partial charge in [-0.2, -0.15) is 4.98 Å². The fourth-order valence-electron chi connectivity index (χ4n) is 3.95. The number of aryl methyl sites for hydroxylation is 1. The summed E-state index contributed by atoms with van der Waals surface area (Å²) in [5, 5.41) is 21.1. The number of fused-ring (bicyclic) bond motifs is 2. The van der Waals surface area contributed by atoms with Crippen LogP contribution in [-0.4, -0.2) is 52.0 Å². The van der Waals surface area contributed by atoms with Crippen molar-refractivity contribution in [3.63, 3.8) is 0 Å². The van der Waals surface area contributed by atoms with Crippen LogP contribution in [0.1, 0.15) is 39.5 Å².